The van der Waals surface area contributed by atoms with Crippen LogP contribution in [-0.4, -0.2) is 41.3 Å². The van der Waals surface area contributed by atoms with E-state index in [9.17, 15) is 4.79 Å². The van der Waals surface area contributed by atoms with Crippen LogP contribution in [0, 0.1) is 19.8 Å². The fraction of sp³-hybridized carbons (Fsp3) is 0.500. The molecule has 1 aromatic rings. The van der Waals surface area contributed by atoms with Gasteiger partial charge in [0.2, 0.25) is 5.91 Å². The number of thiocarbonyl (C=S) groups is 1. The van der Waals surface area contributed by atoms with Gasteiger partial charge in [-0.15, -0.1) is 0 Å². The van der Waals surface area contributed by atoms with Crippen LogP contribution in [0.5, 0.6) is 0 Å². The molecule has 1 aromatic carbocycles. The van der Waals surface area contributed by atoms with Crippen LogP contribution >= 0.6 is 12.2 Å². The van der Waals surface area contributed by atoms with Crippen molar-refractivity contribution >= 4 is 34.6 Å². The highest BCUT2D eigenvalue weighted by Crippen LogP contribution is 2.20. The van der Waals surface area contributed by atoms with Crippen molar-refractivity contribution < 1.29 is 4.79 Å². The second-order valence-electron chi connectivity index (χ2n) is 6.02. The normalized spacial score (nSPS) is 12.8. The number of hydrogen-bond donors (Lipinski definition) is 3. The van der Waals surface area contributed by atoms with Gasteiger partial charge < -0.3 is 16.0 Å². The molecule has 0 spiro atoms. The monoisotopic (exact) mass is 363 g/mol. The Bertz CT molecular complexity index is 620. The number of benzene rings is 1. The summed E-state index contributed by atoms with van der Waals surface area (Å²) in [7, 11) is 0. The van der Waals surface area contributed by atoms with E-state index in [1.54, 1.807) is 0 Å². The number of anilines is 1. The average molecular weight is 364 g/mol. The maximum Gasteiger partial charge on any atom is 0.234 e. The van der Waals surface area contributed by atoms with Crippen molar-refractivity contribution in [2.24, 2.45) is 16.8 Å². The zero-order chi connectivity index (χ0) is 19.0. The lowest BCUT2D eigenvalue weighted by molar-refractivity contribution is -0.118. The van der Waals surface area contributed by atoms with Gasteiger partial charge in [0.1, 0.15) is 0 Å². The summed E-state index contributed by atoms with van der Waals surface area (Å²) in [6.45, 7) is 12.2. The highest BCUT2D eigenvalue weighted by atomic mass is 32.1. The van der Waals surface area contributed by atoms with Gasteiger partial charge in [-0.3, -0.25) is 10.2 Å². The van der Waals surface area contributed by atoms with Gasteiger partial charge in [0.15, 0.2) is 5.11 Å². The molecule has 0 aliphatic rings. The molecule has 0 aromatic heterocycles. The third-order valence-electron chi connectivity index (χ3n) is 4.23. The van der Waals surface area contributed by atoms with Gasteiger partial charge in [-0.1, -0.05) is 32.0 Å². The molecule has 0 aliphatic heterocycles. The number of hydrogen-bond acceptors (Lipinski definition) is 4. The van der Waals surface area contributed by atoms with E-state index in [-0.39, 0.29) is 11.0 Å². The summed E-state index contributed by atoms with van der Waals surface area (Å²) in [5.41, 5.74) is 11.6. The first kappa shape index (κ1) is 21.1. The summed E-state index contributed by atoms with van der Waals surface area (Å²) in [4.78, 5) is 15.1. The van der Waals surface area contributed by atoms with Crippen LogP contribution in [-0.2, 0) is 4.79 Å². The Morgan fingerprint density at radius 1 is 1.28 bits per heavy atom. The first-order valence-corrected chi connectivity index (χ1v) is 8.89. The van der Waals surface area contributed by atoms with Crippen LogP contribution in [0.4, 0.5) is 5.69 Å². The minimum absolute atomic E-state index is 0.0797. The van der Waals surface area contributed by atoms with Crippen molar-refractivity contribution in [3.63, 3.8) is 0 Å². The Morgan fingerprint density at radius 2 is 1.84 bits per heavy atom. The molecule has 0 saturated carbocycles. The molecule has 0 unspecified atom stereocenters. The lowest BCUT2D eigenvalue weighted by atomic mass is 10.0. The number of aryl methyl sites for hydroxylation is 2. The summed E-state index contributed by atoms with van der Waals surface area (Å²) in [5.74, 6) is -0.490. The molecule has 0 saturated heterocycles. The van der Waals surface area contributed by atoms with Crippen molar-refractivity contribution in [2.45, 2.75) is 34.6 Å². The summed E-state index contributed by atoms with van der Waals surface area (Å²) >= 11 is 4.79. The molecule has 1 atom stereocenters. The van der Waals surface area contributed by atoms with Crippen LogP contribution in [0.15, 0.2) is 23.3 Å². The number of nitrogens with two attached hydrogens (primary N) is 1. The second kappa shape index (κ2) is 10.1. The molecule has 6 nitrogen and oxygen atoms in total. The van der Waals surface area contributed by atoms with Gasteiger partial charge in [0.25, 0.3) is 0 Å². The molecule has 0 bridgehead atoms. The van der Waals surface area contributed by atoms with Crippen LogP contribution in [0.3, 0.4) is 0 Å². The maximum atomic E-state index is 13.0. The molecule has 0 radical (unpaired) electrons. The van der Waals surface area contributed by atoms with Gasteiger partial charge in [-0.2, -0.15) is 5.10 Å². The molecule has 25 heavy (non-hydrogen) atoms. The second-order valence-corrected chi connectivity index (χ2v) is 6.46. The molecular formula is C18H29N5OS. The number of amides is 1. The van der Waals surface area contributed by atoms with Crippen molar-refractivity contribution in [3.05, 3.63) is 29.3 Å². The zero-order valence-electron chi connectivity index (χ0n) is 15.7. The highest BCUT2D eigenvalue weighted by molar-refractivity contribution is 7.80. The number of nitrogens with zero attached hydrogens (tertiary/aromatic N) is 2. The highest BCUT2D eigenvalue weighted by Gasteiger charge is 2.25. The Labute approximate surface area is 155 Å². The molecule has 7 heteroatoms. The number of hydrazone groups is 1. The fourth-order valence-corrected chi connectivity index (χ4v) is 2.63. The van der Waals surface area contributed by atoms with Gasteiger partial charge in [-0.25, -0.2) is 0 Å². The van der Waals surface area contributed by atoms with Crippen molar-refractivity contribution in [1.82, 2.24) is 10.3 Å². The SMILES string of the molecule is CCN(CC)C[C@@H](C(=O)Nc1c(C)cccc1C)/C(C)=N\NC(N)=S. The van der Waals surface area contributed by atoms with Gasteiger partial charge in [0.05, 0.1) is 5.92 Å². The first-order chi connectivity index (χ1) is 11.8. The molecule has 1 rings (SSSR count). The maximum absolute atomic E-state index is 13.0. The molecule has 1 amide bonds. The van der Waals surface area contributed by atoms with E-state index in [2.05, 4.69) is 34.6 Å². The molecule has 0 aliphatic carbocycles. The number of rotatable bonds is 8. The Kier molecular flexibility index (Phi) is 8.51. The summed E-state index contributed by atoms with van der Waals surface area (Å²) in [6, 6.07) is 5.95. The number of nitrogens with one attached hydrogen (secondary N) is 2. The molecule has 4 N–H and O–H groups in total. The van der Waals surface area contributed by atoms with E-state index >= 15 is 0 Å². The van der Waals surface area contributed by atoms with Gasteiger partial charge in [0, 0.05) is 17.9 Å². The lowest BCUT2D eigenvalue weighted by Gasteiger charge is -2.25. The third-order valence-corrected chi connectivity index (χ3v) is 4.32. The lowest BCUT2D eigenvalue weighted by Crippen LogP contribution is -2.40. The summed E-state index contributed by atoms with van der Waals surface area (Å²) < 4.78 is 0. The molecule has 0 heterocycles. The number of carbonyl (C=O) groups is 1. The van der Waals surface area contributed by atoms with E-state index < -0.39 is 5.92 Å². The van der Waals surface area contributed by atoms with Crippen LogP contribution in [0.2, 0.25) is 0 Å². The van der Waals surface area contributed by atoms with E-state index in [1.165, 1.54) is 0 Å². The van der Waals surface area contributed by atoms with Gasteiger partial charge in [-0.05, 0) is 57.2 Å². The Morgan fingerprint density at radius 3 is 2.32 bits per heavy atom. The predicted molar refractivity (Wildman–Crippen MR) is 109 cm³/mol. The quantitative estimate of drug-likeness (QED) is 0.375. The van der Waals surface area contributed by atoms with Crippen molar-refractivity contribution in [2.75, 3.05) is 25.0 Å². The smallest absolute Gasteiger partial charge is 0.234 e. The molecular weight excluding hydrogens is 334 g/mol. The standard InChI is InChI=1S/C18H29N5OS/c1-6-23(7-2)11-15(14(5)21-22-18(19)25)17(24)20-16-12(3)9-8-10-13(16)4/h8-10,15H,6-7,11H2,1-5H3,(H,20,24)(H3,19,22,25)/b21-14-/t15-/m1/s1. The average Bonchev–Trinajstić information content (AvgIpc) is 2.57. The Hall–Kier alpha value is -1.99. The Balaban J connectivity index is 3.06. The van der Waals surface area contributed by atoms with Crippen molar-refractivity contribution in [3.8, 4) is 0 Å². The topological polar surface area (TPSA) is 82.8 Å². The summed E-state index contributed by atoms with van der Waals surface area (Å²) in [5, 5.41) is 7.31. The van der Waals surface area contributed by atoms with Crippen molar-refractivity contribution in [1.29, 1.82) is 0 Å². The van der Waals surface area contributed by atoms with E-state index in [0.717, 1.165) is 29.9 Å². The van der Waals surface area contributed by atoms with E-state index in [1.807, 2.05) is 39.0 Å². The zero-order valence-corrected chi connectivity index (χ0v) is 16.5. The minimum Gasteiger partial charge on any atom is -0.375 e. The largest absolute Gasteiger partial charge is 0.375 e. The van der Waals surface area contributed by atoms with Crippen LogP contribution < -0.4 is 16.5 Å². The predicted octanol–water partition coefficient (Wildman–Crippen LogP) is 2.41. The van der Waals surface area contributed by atoms with Crippen LogP contribution in [0.25, 0.3) is 0 Å². The van der Waals surface area contributed by atoms with E-state index in [4.69, 9.17) is 18.0 Å². The molecule has 138 valence electrons. The first-order valence-electron chi connectivity index (χ1n) is 8.49. The fourth-order valence-electron chi connectivity index (χ4n) is 2.59. The van der Waals surface area contributed by atoms with Gasteiger partial charge >= 0.3 is 0 Å². The minimum atomic E-state index is -0.402. The van der Waals surface area contributed by atoms with Crippen LogP contribution in [0.1, 0.15) is 31.9 Å². The molecule has 0 fully saturated rings. The third kappa shape index (κ3) is 6.43. The summed E-state index contributed by atoms with van der Waals surface area (Å²) in [6.07, 6.45) is 0. The van der Waals surface area contributed by atoms with E-state index in [0.29, 0.717) is 12.3 Å². The number of para-hydroxylation sites is 1. The number of carbonyl (C=O) groups excluding carboxylic acids is 1.